The molecular formula is C12H6F5N. The summed E-state index contributed by atoms with van der Waals surface area (Å²) in [5.41, 5.74) is -1.09. The Morgan fingerprint density at radius 3 is 2.06 bits per heavy atom. The molecule has 0 unspecified atom stereocenters. The number of hydrogen-bond donors (Lipinski definition) is 0. The molecule has 1 heterocycles. The van der Waals surface area contributed by atoms with Gasteiger partial charge in [-0.1, -0.05) is 12.1 Å². The minimum absolute atomic E-state index is 0.0833. The number of rotatable bonds is 1. The number of aromatic nitrogens is 1. The highest BCUT2D eigenvalue weighted by atomic mass is 19.4. The van der Waals surface area contributed by atoms with E-state index < -0.39 is 23.4 Å². The summed E-state index contributed by atoms with van der Waals surface area (Å²) in [5.74, 6) is -2.28. The first kappa shape index (κ1) is 12.5. The maximum absolute atomic E-state index is 13.4. The molecule has 94 valence electrons. The molecule has 0 spiro atoms. The highest BCUT2D eigenvalue weighted by Gasteiger charge is 2.30. The summed E-state index contributed by atoms with van der Waals surface area (Å²) in [7, 11) is 0. The lowest BCUT2D eigenvalue weighted by atomic mass is 10.1. The predicted octanol–water partition coefficient (Wildman–Crippen LogP) is 4.05. The SMILES string of the molecule is Fc1ccnc(-c2ccc(C(F)(F)F)cc2)c1F. The van der Waals surface area contributed by atoms with Crippen molar-refractivity contribution in [2.24, 2.45) is 0 Å². The summed E-state index contributed by atoms with van der Waals surface area (Å²) < 4.78 is 63.2. The van der Waals surface area contributed by atoms with Crippen LogP contribution in [-0.4, -0.2) is 4.98 Å². The van der Waals surface area contributed by atoms with Gasteiger partial charge in [-0.2, -0.15) is 13.2 Å². The van der Waals surface area contributed by atoms with E-state index in [0.717, 1.165) is 36.5 Å². The van der Waals surface area contributed by atoms with Gasteiger partial charge in [0, 0.05) is 11.8 Å². The van der Waals surface area contributed by atoms with Crippen LogP contribution in [0.15, 0.2) is 36.5 Å². The molecule has 0 aliphatic rings. The molecule has 6 heteroatoms. The van der Waals surface area contributed by atoms with Gasteiger partial charge >= 0.3 is 6.18 Å². The minimum atomic E-state index is -4.47. The predicted molar refractivity (Wildman–Crippen MR) is 54.6 cm³/mol. The van der Waals surface area contributed by atoms with Crippen molar-refractivity contribution in [2.75, 3.05) is 0 Å². The van der Waals surface area contributed by atoms with Crippen LogP contribution in [0.5, 0.6) is 0 Å². The normalized spacial score (nSPS) is 11.6. The molecule has 2 aromatic rings. The van der Waals surface area contributed by atoms with Crippen LogP contribution in [0.25, 0.3) is 11.3 Å². The van der Waals surface area contributed by atoms with Crippen molar-refractivity contribution in [3.63, 3.8) is 0 Å². The van der Waals surface area contributed by atoms with E-state index >= 15 is 0 Å². The summed E-state index contributed by atoms with van der Waals surface area (Å²) >= 11 is 0. The van der Waals surface area contributed by atoms with Gasteiger partial charge in [0.15, 0.2) is 11.6 Å². The van der Waals surface area contributed by atoms with Crippen LogP contribution < -0.4 is 0 Å². The van der Waals surface area contributed by atoms with Crippen LogP contribution in [0.1, 0.15) is 5.56 Å². The number of halogens is 5. The maximum Gasteiger partial charge on any atom is 0.416 e. The lowest BCUT2D eigenvalue weighted by Gasteiger charge is -2.07. The van der Waals surface area contributed by atoms with Crippen molar-refractivity contribution in [1.29, 1.82) is 0 Å². The van der Waals surface area contributed by atoms with Gasteiger partial charge in [-0.15, -0.1) is 0 Å². The van der Waals surface area contributed by atoms with Crippen molar-refractivity contribution in [3.05, 3.63) is 53.7 Å². The highest BCUT2D eigenvalue weighted by Crippen LogP contribution is 2.31. The Kier molecular flexibility index (Phi) is 3.02. The van der Waals surface area contributed by atoms with E-state index in [4.69, 9.17) is 0 Å². The fraction of sp³-hybridized carbons (Fsp3) is 0.0833. The standard InChI is InChI=1S/C12H6F5N/c13-9-5-6-18-11(10(9)14)7-1-3-8(4-2-7)12(15,16)17/h1-6H. The Bertz CT molecular complexity index is 560. The van der Waals surface area contributed by atoms with Crippen molar-refractivity contribution in [2.45, 2.75) is 6.18 Å². The fourth-order valence-corrected chi connectivity index (χ4v) is 1.44. The molecule has 18 heavy (non-hydrogen) atoms. The van der Waals surface area contributed by atoms with E-state index in [1.165, 1.54) is 0 Å². The van der Waals surface area contributed by atoms with E-state index in [1.54, 1.807) is 0 Å². The number of benzene rings is 1. The van der Waals surface area contributed by atoms with Crippen molar-refractivity contribution in [1.82, 2.24) is 4.98 Å². The molecule has 2 rings (SSSR count). The first-order chi connectivity index (χ1) is 8.39. The van der Waals surface area contributed by atoms with Crippen LogP contribution in [-0.2, 0) is 6.18 Å². The molecule has 0 aliphatic carbocycles. The van der Waals surface area contributed by atoms with Crippen molar-refractivity contribution < 1.29 is 22.0 Å². The van der Waals surface area contributed by atoms with Gasteiger partial charge in [0.1, 0.15) is 5.69 Å². The highest BCUT2D eigenvalue weighted by molar-refractivity contribution is 5.60. The van der Waals surface area contributed by atoms with Gasteiger partial charge in [-0.05, 0) is 18.2 Å². The van der Waals surface area contributed by atoms with E-state index in [2.05, 4.69) is 4.98 Å². The Labute approximate surface area is 98.9 Å². The molecule has 0 atom stereocenters. The smallest absolute Gasteiger partial charge is 0.253 e. The lowest BCUT2D eigenvalue weighted by molar-refractivity contribution is -0.137. The lowest BCUT2D eigenvalue weighted by Crippen LogP contribution is -2.04. The topological polar surface area (TPSA) is 12.9 Å². The Morgan fingerprint density at radius 1 is 0.889 bits per heavy atom. The summed E-state index contributed by atoms with van der Waals surface area (Å²) in [6, 6.07) is 4.52. The number of alkyl halides is 3. The van der Waals surface area contributed by atoms with Crippen LogP contribution in [0, 0.1) is 11.6 Å². The molecule has 0 amide bonds. The quantitative estimate of drug-likeness (QED) is 0.704. The second-order valence-electron chi connectivity index (χ2n) is 3.53. The molecule has 0 bridgehead atoms. The molecule has 0 aliphatic heterocycles. The summed E-state index contributed by atoms with van der Waals surface area (Å²) in [6.45, 7) is 0. The molecule has 1 aromatic carbocycles. The molecule has 0 radical (unpaired) electrons. The van der Waals surface area contributed by atoms with Gasteiger partial charge < -0.3 is 0 Å². The zero-order chi connectivity index (χ0) is 13.3. The molecule has 0 saturated carbocycles. The molecule has 0 N–H and O–H groups in total. The Balaban J connectivity index is 2.44. The molecule has 0 saturated heterocycles. The number of hydrogen-bond acceptors (Lipinski definition) is 1. The third kappa shape index (κ3) is 2.32. The first-order valence-corrected chi connectivity index (χ1v) is 4.87. The second kappa shape index (κ2) is 4.36. The Morgan fingerprint density at radius 2 is 1.50 bits per heavy atom. The average Bonchev–Trinajstić information content (AvgIpc) is 2.32. The summed E-state index contributed by atoms with van der Waals surface area (Å²) in [6.07, 6.45) is -3.42. The van der Waals surface area contributed by atoms with Crippen LogP contribution >= 0.6 is 0 Å². The van der Waals surface area contributed by atoms with E-state index in [-0.39, 0.29) is 11.3 Å². The number of pyridine rings is 1. The summed E-state index contributed by atoms with van der Waals surface area (Å²) in [4.78, 5) is 3.60. The van der Waals surface area contributed by atoms with E-state index in [0.29, 0.717) is 0 Å². The van der Waals surface area contributed by atoms with Crippen LogP contribution in [0.2, 0.25) is 0 Å². The van der Waals surface area contributed by atoms with E-state index in [1.807, 2.05) is 0 Å². The molecule has 1 aromatic heterocycles. The van der Waals surface area contributed by atoms with Gasteiger partial charge in [-0.25, -0.2) is 8.78 Å². The van der Waals surface area contributed by atoms with Crippen LogP contribution in [0.3, 0.4) is 0 Å². The zero-order valence-corrected chi connectivity index (χ0v) is 8.80. The monoisotopic (exact) mass is 259 g/mol. The van der Waals surface area contributed by atoms with Crippen molar-refractivity contribution >= 4 is 0 Å². The average molecular weight is 259 g/mol. The van der Waals surface area contributed by atoms with Gasteiger partial charge in [-0.3, -0.25) is 4.98 Å². The first-order valence-electron chi connectivity index (χ1n) is 4.87. The van der Waals surface area contributed by atoms with Gasteiger partial charge in [0.05, 0.1) is 5.56 Å². The second-order valence-corrected chi connectivity index (χ2v) is 3.53. The molecular weight excluding hydrogens is 253 g/mol. The summed E-state index contributed by atoms with van der Waals surface area (Å²) in [5, 5.41) is 0. The third-order valence-corrected chi connectivity index (χ3v) is 2.33. The number of nitrogens with zero attached hydrogens (tertiary/aromatic N) is 1. The third-order valence-electron chi connectivity index (χ3n) is 2.33. The Hall–Kier alpha value is -1.98. The van der Waals surface area contributed by atoms with Crippen LogP contribution in [0.4, 0.5) is 22.0 Å². The fourth-order valence-electron chi connectivity index (χ4n) is 1.44. The molecule has 1 nitrogen and oxygen atoms in total. The minimum Gasteiger partial charge on any atom is -0.253 e. The van der Waals surface area contributed by atoms with Gasteiger partial charge in [0.25, 0.3) is 0 Å². The maximum atomic E-state index is 13.4. The molecule has 0 fully saturated rings. The van der Waals surface area contributed by atoms with E-state index in [9.17, 15) is 22.0 Å². The largest absolute Gasteiger partial charge is 0.416 e. The van der Waals surface area contributed by atoms with Crippen molar-refractivity contribution in [3.8, 4) is 11.3 Å². The zero-order valence-electron chi connectivity index (χ0n) is 8.80. The van der Waals surface area contributed by atoms with Gasteiger partial charge in [0.2, 0.25) is 0 Å².